The van der Waals surface area contributed by atoms with Crippen LogP contribution in [0.25, 0.3) is 5.57 Å². The molecule has 0 saturated carbocycles. The number of halogens is 1. The number of hydrogen-bond donors (Lipinski definition) is 2. The summed E-state index contributed by atoms with van der Waals surface area (Å²) in [7, 11) is 0. The van der Waals surface area contributed by atoms with Gasteiger partial charge in [-0.25, -0.2) is 4.79 Å². The van der Waals surface area contributed by atoms with Crippen LogP contribution in [-0.4, -0.2) is 17.0 Å². The lowest BCUT2D eigenvalue weighted by Gasteiger charge is -2.11. The molecule has 4 nitrogen and oxygen atoms in total. The van der Waals surface area contributed by atoms with Gasteiger partial charge in [0, 0.05) is 11.4 Å². The number of aliphatic carboxylic acids is 1. The predicted molar refractivity (Wildman–Crippen MR) is 72.8 cm³/mol. The van der Waals surface area contributed by atoms with Gasteiger partial charge in [0.2, 0.25) is 5.91 Å². The minimum Gasteiger partial charge on any atom is -0.477 e. The maximum absolute atomic E-state index is 11.2. The summed E-state index contributed by atoms with van der Waals surface area (Å²) < 4.78 is 0.915. The lowest BCUT2D eigenvalue weighted by molar-refractivity contribution is -0.134. The van der Waals surface area contributed by atoms with Crippen molar-refractivity contribution in [2.24, 2.45) is 0 Å². The monoisotopic (exact) mass is 311 g/mol. The van der Waals surface area contributed by atoms with Crippen LogP contribution in [0.2, 0.25) is 0 Å². The number of carboxylic acid groups (broad SMARTS) is 1. The van der Waals surface area contributed by atoms with E-state index < -0.39 is 11.9 Å². The molecule has 1 aromatic carbocycles. The van der Waals surface area contributed by atoms with Crippen LogP contribution in [0.3, 0.4) is 0 Å². The second-order valence-electron chi connectivity index (χ2n) is 3.70. The molecule has 0 aliphatic carbocycles. The zero-order valence-electron chi connectivity index (χ0n) is 10.2. The van der Waals surface area contributed by atoms with Crippen molar-refractivity contribution in [2.75, 3.05) is 0 Å². The molecule has 0 saturated heterocycles. The molecule has 1 aromatic rings. The number of amides is 1. The van der Waals surface area contributed by atoms with Crippen LogP contribution in [0.1, 0.15) is 25.8 Å². The van der Waals surface area contributed by atoms with Gasteiger partial charge < -0.3 is 10.4 Å². The van der Waals surface area contributed by atoms with E-state index in [2.05, 4.69) is 21.2 Å². The van der Waals surface area contributed by atoms with Gasteiger partial charge in [0.05, 0.1) is 0 Å². The Balaban J connectivity index is 3.29. The third-order valence-electron chi connectivity index (χ3n) is 2.36. The van der Waals surface area contributed by atoms with Gasteiger partial charge in [0.15, 0.2) is 0 Å². The second kappa shape index (κ2) is 6.35. The van der Waals surface area contributed by atoms with E-state index in [1.54, 1.807) is 0 Å². The number of hydrogen-bond acceptors (Lipinski definition) is 2. The van der Waals surface area contributed by atoms with Crippen LogP contribution >= 0.6 is 15.9 Å². The van der Waals surface area contributed by atoms with Crippen LogP contribution < -0.4 is 5.32 Å². The third kappa shape index (κ3) is 3.70. The fourth-order valence-corrected chi connectivity index (χ4v) is 1.87. The molecule has 0 atom stereocenters. The van der Waals surface area contributed by atoms with Crippen molar-refractivity contribution in [3.63, 3.8) is 0 Å². The van der Waals surface area contributed by atoms with Gasteiger partial charge in [-0.15, -0.1) is 0 Å². The standard InChI is InChI=1S/C13H14BrNO3/c1-3-11(9-4-6-10(14)7-5-9)12(13(17)18)15-8(2)16/h4-7H,3H2,1-2H3,(H,15,16)(H,17,18)/b12-11+. The minimum atomic E-state index is -1.13. The van der Waals surface area contributed by atoms with E-state index in [9.17, 15) is 9.59 Å². The molecule has 0 radical (unpaired) electrons. The normalized spacial score (nSPS) is 11.7. The summed E-state index contributed by atoms with van der Waals surface area (Å²) in [6.45, 7) is 3.14. The first-order chi connectivity index (χ1) is 8.45. The third-order valence-corrected chi connectivity index (χ3v) is 2.89. The summed E-state index contributed by atoms with van der Waals surface area (Å²) in [6, 6.07) is 7.29. The number of benzene rings is 1. The van der Waals surface area contributed by atoms with E-state index in [0.29, 0.717) is 12.0 Å². The van der Waals surface area contributed by atoms with Gasteiger partial charge in [0.1, 0.15) is 5.70 Å². The summed E-state index contributed by atoms with van der Waals surface area (Å²) in [4.78, 5) is 22.2. The Morgan fingerprint density at radius 3 is 2.22 bits per heavy atom. The molecule has 1 rings (SSSR count). The number of nitrogens with one attached hydrogen (secondary N) is 1. The maximum atomic E-state index is 11.2. The summed E-state index contributed by atoms with van der Waals surface area (Å²) in [5, 5.41) is 11.5. The topological polar surface area (TPSA) is 66.4 Å². The van der Waals surface area contributed by atoms with E-state index in [0.717, 1.165) is 10.0 Å². The van der Waals surface area contributed by atoms with Crippen molar-refractivity contribution in [2.45, 2.75) is 20.3 Å². The first kappa shape index (κ1) is 14.4. The fourth-order valence-electron chi connectivity index (χ4n) is 1.61. The van der Waals surface area contributed by atoms with E-state index in [-0.39, 0.29) is 5.70 Å². The number of rotatable bonds is 4. The van der Waals surface area contributed by atoms with E-state index >= 15 is 0 Å². The van der Waals surface area contributed by atoms with Crippen LogP contribution in [-0.2, 0) is 9.59 Å². The Morgan fingerprint density at radius 2 is 1.83 bits per heavy atom. The lowest BCUT2D eigenvalue weighted by Crippen LogP contribution is -2.26. The molecule has 0 aliphatic heterocycles. The summed E-state index contributed by atoms with van der Waals surface area (Å²) in [6.07, 6.45) is 0.517. The largest absolute Gasteiger partial charge is 0.477 e. The van der Waals surface area contributed by atoms with Crippen molar-refractivity contribution in [3.8, 4) is 0 Å². The van der Waals surface area contributed by atoms with Gasteiger partial charge in [-0.2, -0.15) is 0 Å². The van der Waals surface area contributed by atoms with Crippen molar-refractivity contribution < 1.29 is 14.7 Å². The zero-order chi connectivity index (χ0) is 13.7. The number of allylic oxidation sites excluding steroid dienone is 1. The van der Waals surface area contributed by atoms with Crippen molar-refractivity contribution >= 4 is 33.4 Å². The Bertz CT molecular complexity index is 491. The summed E-state index contributed by atoms with van der Waals surface area (Å²) >= 11 is 3.32. The smallest absolute Gasteiger partial charge is 0.352 e. The van der Waals surface area contributed by atoms with E-state index in [1.165, 1.54) is 6.92 Å². The van der Waals surface area contributed by atoms with Gasteiger partial charge in [0.25, 0.3) is 0 Å². The minimum absolute atomic E-state index is 0.0627. The number of carbonyl (C=O) groups excluding carboxylic acids is 1. The van der Waals surface area contributed by atoms with E-state index in [1.807, 2.05) is 31.2 Å². The van der Waals surface area contributed by atoms with Crippen LogP contribution in [0.15, 0.2) is 34.4 Å². The summed E-state index contributed by atoms with van der Waals surface area (Å²) in [5.41, 5.74) is 1.32. The lowest BCUT2D eigenvalue weighted by atomic mass is 10.0. The first-order valence-corrected chi connectivity index (χ1v) is 6.25. The van der Waals surface area contributed by atoms with Gasteiger partial charge in [-0.3, -0.25) is 4.79 Å². The highest BCUT2D eigenvalue weighted by atomic mass is 79.9. The maximum Gasteiger partial charge on any atom is 0.352 e. The molecule has 0 bridgehead atoms. The molecule has 0 unspecified atom stereocenters. The Kier molecular flexibility index (Phi) is 5.09. The highest BCUT2D eigenvalue weighted by molar-refractivity contribution is 9.10. The quantitative estimate of drug-likeness (QED) is 0.840. The Labute approximate surface area is 114 Å². The molecular weight excluding hydrogens is 298 g/mol. The average Bonchev–Trinajstić information content (AvgIpc) is 2.30. The molecular formula is C13H14BrNO3. The van der Waals surface area contributed by atoms with Crippen LogP contribution in [0, 0.1) is 0 Å². The Morgan fingerprint density at radius 1 is 1.28 bits per heavy atom. The SMILES string of the molecule is CC/C(=C(\NC(C)=O)C(=O)O)c1ccc(Br)cc1. The Hall–Kier alpha value is -1.62. The van der Waals surface area contributed by atoms with E-state index in [4.69, 9.17) is 5.11 Å². The molecule has 18 heavy (non-hydrogen) atoms. The van der Waals surface area contributed by atoms with Crippen molar-refractivity contribution in [1.82, 2.24) is 5.32 Å². The molecule has 2 N–H and O–H groups in total. The first-order valence-electron chi connectivity index (χ1n) is 5.45. The summed E-state index contributed by atoms with van der Waals surface area (Å²) in [5.74, 6) is -1.53. The highest BCUT2D eigenvalue weighted by Crippen LogP contribution is 2.23. The molecule has 0 aliphatic rings. The molecule has 96 valence electrons. The van der Waals surface area contributed by atoms with Crippen molar-refractivity contribution in [3.05, 3.63) is 40.0 Å². The molecule has 0 fully saturated rings. The van der Waals surface area contributed by atoms with Gasteiger partial charge in [-0.1, -0.05) is 35.0 Å². The zero-order valence-corrected chi connectivity index (χ0v) is 11.7. The number of carbonyl (C=O) groups is 2. The highest BCUT2D eigenvalue weighted by Gasteiger charge is 2.16. The van der Waals surface area contributed by atoms with Crippen molar-refractivity contribution in [1.29, 1.82) is 0 Å². The molecule has 1 amide bonds. The second-order valence-corrected chi connectivity index (χ2v) is 4.62. The predicted octanol–water partition coefficient (Wildman–Crippen LogP) is 2.79. The van der Waals surface area contributed by atoms with Crippen LogP contribution in [0.5, 0.6) is 0 Å². The molecule has 0 aromatic heterocycles. The molecule has 5 heteroatoms. The average molecular weight is 312 g/mol. The van der Waals surface area contributed by atoms with Gasteiger partial charge >= 0.3 is 5.97 Å². The van der Waals surface area contributed by atoms with Crippen LogP contribution in [0.4, 0.5) is 0 Å². The van der Waals surface area contributed by atoms with Gasteiger partial charge in [-0.05, 0) is 29.7 Å². The molecule has 0 heterocycles. The fraction of sp³-hybridized carbons (Fsp3) is 0.231. The molecule has 0 spiro atoms. The number of carboxylic acids is 1.